The molecule has 0 aliphatic heterocycles. The summed E-state index contributed by atoms with van der Waals surface area (Å²) >= 11 is 0. The Kier molecular flexibility index (Phi) is 7.32. The second-order valence-corrected chi connectivity index (χ2v) is 4.40. The van der Waals surface area contributed by atoms with Crippen molar-refractivity contribution in [3.63, 3.8) is 0 Å². The zero-order chi connectivity index (χ0) is 14.8. The summed E-state index contributed by atoms with van der Waals surface area (Å²) in [6.07, 6.45) is 0. The molecule has 114 valence electrons. The minimum Gasteiger partial charge on any atom is -0.494 e. The van der Waals surface area contributed by atoms with Gasteiger partial charge in [0, 0.05) is 0 Å². The van der Waals surface area contributed by atoms with Gasteiger partial charge in [0.05, 0.1) is 26.4 Å². The molecule has 0 aliphatic rings. The normalized spacial score (nSPS) is 11.4. The number of hydroxylamine groups is 3. The topological polar surface area (TPSA) is 79.2 Å². The number of aliphatic hydroxyl groups is 3. The Balaban J connectivity index is 2.81. The molecule has 0 saturated carbocycles. The molecule has 0 atom stereocenters. The summed E-state index contributed by atoms with van der Waals surface area (Å²) < 4.78 is 5.34. The molecule has 1 rings (SSSR count). The zero-order valence-corrected chi connectivity index (χ0v) is 11.9. The molecule has 1 aromatic carbocycles. The van der Waals surface area contributed by atoms with Gasteiger partial charge in [0.1, 0.15) is 25.4 Å². The largest absolute Gasteiger partial charge is 0.494 e. The number of hydrogen-bond donors (Lipinski definition) is 3. The highest BCUT2D eigenvalue weighted by Crippen LogP contribution is 2.21. The second kappa shape index (κ2) is 8.76. The Bertz CT molecular complexity index is 351. The van der Waals surface area contributed by atoms with E-state index in [1.165, 1.54) is 0 Å². The van der Waals surface area contributed by atoms with Crippen molar-refractivity contribution >= 4 is 0 Å². The van der Waals surface area contributed by atoms with Crippen LogP contribution in [0, 0.1) is 0 Å². The Morgan fingerprint density at radius 3 is 1.70 bits per heavy atom. The van der Waals surface area contributed by atoms with E-state index >= 15 is 0 Å². The van der Waals surface area contributed by atoms with Crippen LogP contribution in [0.25, 0.3) is 0 Å². The molecule has 0 saturated heterocycles. The van der Waals surface area contributed by atoms with Crippen LogP contribution in [0.2, 0.25) is 0 Å². The van der Waals surface area contributed by atoms with Gasteiger partial charge < -0.3 is 24.9 Å². The first-order chi connectivity index (χ1) is 9.69. The fourth-order valence-electron chi connectivity index (χ4n) is 2.01. The third-order valence-electron chi connectivity index (χ3n) is 2.96. The van der Waals surface area contributed by atoms with E-state index in [1.54, 1.807) is 24.3 Å². The maximum atomic E-state index is 9.17. The average Bonchev–Trinajstić information content (AvgIpc) is 2.42. The SMILES string of the molecule is CCOc1ccc(O[N+](CCO)(CCO)CCO)cc1. The molecule has 0 fully saturated rings. The van der Waals surface area contributed by atoms with Crippen LogP contribution < -0.4 is 9.57 Å². The van der Waals surface area contributed by atoms with Gasteiger partial charge in [-0.05, 0) is 31.2 Å². The van der Waals surface area contributed by atoms with Crippen molar-refractivity contribution in [3.05, 3.63) is 24.3 Å². The quantitative estimate of drug-likeness (QED) is 0.422. The van der Waals surface area contributed by atoms with Gasteiger partial charge in [-0.2, -0.15) is 0 Å². The van der Waals surface area contributed by atoms with Crippen LogP contribution in [0.4, 0.5) is 0 Å². The lowest BCUT2D eigenvalue weighted by Crippen LogP contribution is -2.55. The number of hydrogen-bond acceptors (Lipinski definition) is 5. The van der Waals surface area contributed by atoms with Gasteiger partial charge in [0.2, 0.25) is 0 Å². The van der Waals surface area contributed by atoms with Crippen LogP contribution in [0.5, 0.6) is 11.5 Å². The molecule has 0 unspecified atom stereocenters. The fraction of sp³-hybridized carbons (Fsp3) is 0.571. The number of aliphatic hydroxyl groups excluding tert-OH is 3. The van der Waals surface area contributed by atoms with Gasteiger partial charge in [-0.15, -0.1) is 4.65 Å². The summed E-state index contributed by atoms with van der Waals surface area (Å²) in [5.41, 5.74) is 0. The van der Waals surface area contributed by atoms with Gasteiger partial charge in [-0.25, -0.2) is 0 Å². The molecule has 0 aliphatic carbocycles. The standard InChI is InChI=1S/C14H24NO5/c1-2-19-13-3-5-14(6-4-13)20-15(7-10-16,8-11-17)9-12-18/h3-6,16-18H,2,7-12H2,1H3/q+1. The van der Waals surface area contributed by atoms with Gasteiger partial charge in [-0.3, -0.25) is 0 Å². The van der Waals surface area contributed by atoms with Gasteiger partial charge in [-0.1, -0.05) is 0 Å². The summed E-state index contributed by atoms with van der Waals surface area (Å²) in [4.78, 5) is 5.86. The van der Waals surface area contributed by atoms with Crippen LogP contribution in [0.15, 0.2) is 24.3 Å². The lowest BCUT2D eigenvalue weighted by atomic mass is 10.3. The summed E-state index contributed by atoms with van der Waals surface area (Å²) in [5, 5.41) is 27.5. The van der Waals surface area contributed by atoms with Crippen molar-refractivity contribution in [2.24, 2.45) is 0 Å². The third-order valence-corrected chi connectivity index (χ3v) is 2.96. The first kappa shape index (κ1) is 16.7. The summed E-state index contributed by atoms with van der Waals surface area (Å²) in [7, 11) is 0. The highest BCUT2D eigenvalue weighted by atomic mass is 16.7. The highest BCUT2D eigenvalue weighted by molar-refractivity contribution is 5.30. The summed E-state index contributed by atoms with van der Waals surface area (Å²) in [6.45, 7) is 3.15. The molecule has 1 aromatic rings. The van der Waals surface area contributed by atoms with E-state index in [9.17, 15) is 0 Å². The molecule has 0 bridgehead atoms. The number of quaternary nitrogens is 1. The smallest absolute Gasteiger partial charge is 0.190 e. The molecule has 0 aromatic heterocycles. The van der Waals surface area contributed by atoms with Gasteiger partial charge in [0.25, 0.3) is 0 Å². The van der Waals surface area contributed by atoms with E-state index in [0.29, 0.717) is 32.0 Å². The van der Waals surface area contributed by atoms with E-state index in [1.807, 2.05) is 6.92 Å². The molecular weight excluding hydrogens is 262 g/mol. The van der Waals surface area contributed by atoms with E-state index < -0.39 is 0 Å². The van der Waals surface area contributed by atoms with E-state index in [0.717, 1.165) is 5.75 Å². The molecule has 0 heterocycles. The molecule has 20 heavy (non-hydrogen) atoms. The monoisotopic (exact) mass is 286 g/mol. The molecule has 0 radical (unpaired) electrons. The lowest BCUT2D eigenvalue weighted by molar-refractivity contribution is -1.08. The van der Waals surface area contributed by atoms with Crippen LogP contribution >= 0.6 is 0 Å². The minimum atomic E-state index is -0.0863. The molecule has 0 spiro atoms. The molecular formula is C14H24NO5+. The highest BCUT2D eigenvalue weighted by Gasteiger charge is 2.29. The minimum absolute atomic E-state index is 0.0164. The van der Waals surface area contributed by atoms with Crippen molar-refractivity contribution in [2.75, 3.05) is 46.1 Å². The van der Waals surface area contributed by atoms with E-state index in [2.05, 4.69) is 0 Å². The maximum absolute atomic E-state index is 9.17. The first-order valence-electron chi connectivity index (χ1n) is 6.81. The number of nitrogens with zero attached hydrogens (tertiary/aromatic N) is 1. The lowest BCUT2D eigenvalue weighted by Gasteiger charge is -2.34. The van der Waals surface area contributed by atoms with Crippen LogP contribution in [0.3, 0.4) is 0 Å². The first-order valence-corrected chi connectivity index (χ1v) is 6.81. The predicted octanol–water partition coefficient (Wildman–Crippen LogP) is 0.173. The van der Waals surface area contributed by atoms with Crippen molar-refractivity contribution in [1.29, 1.82) is 0 Å². The van der Waals surface area contributed by atoms with Crippen LogP contribution in [-0.2, 0) is 0 Å². The predicted molar refractivity (Wildman–Crippen MR) is 74.4 cm³/mol. The molecule has 6 heteroatoms. The molecule has 3 N–H and O–H groups in total. The Labute approximate surface area is 119 Å². The number of ether oxygens (including phenoxy) is 1. The average molecular weight is 286 g/mol. The molecule has 6 nitrogen and oxygen atoms in total. The maximum Gasteiger partial charge on any atom is 0.190 e. The van der Waals surface area contributed by atoms with Gasteiger partial charge >= 0.3 is 0 Å². The summed E-state index contributed by atoms with van der Waals surface area (Å²) in [5.74, 6) is 1.35. The Morgan fingerprint density at radius 2 is 1.30 bits per heavy atom. The Hall–Kier alpha value is -1.34. The Morgan fingerprint density at radius 1 is 0.850 bits per heavy atom. The van der Waals surface area contributed by atoms with Crippen LogP contribution in [-0.4, -0.2) is 66.0 Å². The van der Waals surface area contributed by atoms with Gasteiger partial charge in [0.15, 0.2) is 5.75 Å². The van der Waals surface area contributed by atoms with E-state index in [4.69, 9.17) is 24.9 Å². The fourth-order valence-corrected chi connectivity index (χ4v) is 2.01. The number of rotatable bonds is 10. The zero-order valence-electron chi connectivity index (χ0n) is 11.9. The van der Waals surface area contributed by atoms with E-state index in [-0.39, 0.29) is 24.5 Å². The van der Waals surface area contributed by atoms with Crippen molar-refractivity contribution in [1.82, 2.24) is 0 Å². The third kappa shape index (κ3) is 4.97. The molecule has 0 amide bonds. The van der Waals surface area contributed by atoms with Crippen molar-refractivity contribution in [2.45, 2.75) is 6.92 Å². The second-order valence-electron chi connectivity index (χ2n) is 4.40. The summed E-state index contributed by atoms with van der Waals surface area (Å²) in [6, 6.07) is 7.13. The van der Waals surface area contributed by atoms with Crippen molar-refractivity contribution in [3.8, 4) is 11.5 Å². The van der Waals surface area contributed by atoms with Crippen molar-refractivity contribution < 1.29 is 29.5 Å². The van der Waals surface area contributed by atoms with Crippen LogP contribution in [0.1, 0.15) is 6.92 Å². The number of benzene rings is 1.